The summed E-state index contributed by atoms with van der Waals surface area (Å²) < 4.78 is 7.40. The molecule has 0 radical (unpaired) electrons. The minimum absolute atomic E-state index is 0.190. The number of carbonyl (C=O) groups is 1. The number of rotatable bonds is 5. The normalized spacial score (nSPS) is 16.4. The molecule has 112 valence electrons. The van der Waals surface area contributed by atoms with Crippen molar-refractivity contribution >= 4 is 5.97 Å². The third kappa shape index (κ3) is 3.44. The molecule has 1 heterocycles. The fraction of sp³-hybridized carbons (Fsp3) is 0.706. The van der Waals surface area contributed by atoms with Crippen molar-refractivity contribution in [1.82, 2.24) is 4.57 Å². The Labute approximate surface area is 122 Å². The van der Waals surface area contributed by atoms with Gasteiger partial charge in [-0.25, -0.2) is 4.79 Å². The van der Waals surface area contributed by atoms with Crippen molar-refractivity contribution < 1.29 is 9.53 Å². The van der Waals surface area contributed by atoms with Crippen molar-refractivity contribution in [3.63, 3.8) is 0 Å². The quantitative estimate of drug-likeness (QED) is 0.753. The summed E-state index contributed by atoms with van der Waals surface area (Å²) in [5.41, 5.74) is 2.95. The number of aryl methyl sites for hydroxylation is 1. The van der Waals surface area contributed by atoms with Gasteiger partial charge in [0, 0.05) is 17.9 Å². The summed E-state index contributed by atoms with van der Waals surface area (Å²) in [5.74, 6) is 0.681. The molecule has 1 aromatic rings. The molecule has 0 N–H and O–H groups in total. The molecule has 0 aromatic carbocycles. The van der Waals surface area contributed by atoms with E-state index in [2.05, 4.69) is 11.5 Å². The monoisotopic (exact) mass is 277 g/mol. The Balaban J connectivity index is 2.02. The maximum atomic E-state index is 11.9. The van der Waals surface area contributed by atoms with Gasteiger partial charge in [-0.2, -0.15) is 0 Å². The maximum absolute atomic E-state index is 11.9. The van der Waals surface area contributed by atoms with Crippen molar-refractivity contribution in [2.45, 2.75) is 65.8 Å². The van der Waals surface area contributed by atoms with Crippen LogP contribution in [0.3, 0.4) is 0 Å². The summed E-state index contributed by atoms with van der Waals surface area (Å²) >= 11 is 0. The number of esters is 1. The van der Waals surface area contributed by atoms with E-state index in [-0.39, 0.29) is 5.97 Å². The fourth-order valence-electron chi connectivity index (χ4n) is 3.35. The molecule has 2 rings (SSSR count). The topological polar surface area (TPSA) is 31.2 Å². The Bertz CT molecular complexity index is 456. The van der Waals surface area contributed by atoms with Gasteiger partial charge in [0.05, 0.1) is 12.2 Å². The molecule has 0 saturated heterocycles. The predicted octanol–water partition coefficient (Wildman–Crippen LogP) is 4.25. The molecule has 1 fully saturated rings. The average Bonchev–Trinajstić information content (AvgIpc) is 2.73. The van der Waals surface area contributed by atoms with E-state index in [1.54, 1.807) is 0 Å². The molecule has 0 bridgehead atoms. The number of hydrogen-bond donors (Lipinski definition) is 0. The van der Waals surface area contributed by atoms with Gasteiger partial charge in [-0.05, 0) is 39.2 Å². The van der Waals surface area contributed by atoms with Crippen molar-refractivity contribution in [3.8, 4) is 0 Å². The van der Waals surface area contributed by atoms with E-state index in [1.165, 1.54) is 44.2 Å². The van der Waals surface area contributed by atoms with Gasteiger partial charge in [0.1, 0.15) is 0 Å². The summed E-state index contributed by atoms with van der Waals surface area (Å²) in [6.07, 6.45) is 8.18. The molecule has 0 aliphatic heterocycles. The molecule has 3 heteroatoms. The smallest absolute Gasteiger partial charge is 0.339 e. The summed E-state index contributed by atoms with van der Waals surface area (Å²) in [7, 11) is 0. The van der Waals surface area contributed by atoms with Crippen molar-refractivity contribution in [2.75, 3.05) is 6.61 Å². The van der Waals surface area contributed by atoms with Crippen LogP contribution in [0.5, 0.6) is 0 Å². The van der Waals surface area contributed by atoms with Crippen LogP contribution in [0, 0.1) is 19.8 Å². The molecular formula is C17H27NO2. The van der Waals surface area contributed by atoms with E-state index in [9.17, 15) is 4.79 Å². The molecule has 0 atom stereocenters. The second kappa shape index (κ2) is 6.96. The molecule has 0 unspecified atom stereocenters. The van der Waals surface area contributed by atoms with Gasteiger partial charge in [0.25, 0.3) is 0 Å². The van der Waals surface area contributed by atoms with Crippen LogP contribution in [0.2, 0.25) is 0 Å². The number of ether oxygens (including phenoxy) is 1. The lowest BCUT2D eigenvalue weighted by Crippen LogP contribution is -2.12. The number of aromatic nitrogens is 1. The van der Waals surface area contributed by atoms with Crippen molar-refractivity contribution in [3.05, 3.63) is 23.0 Å². The molecular weight excluding hydrogens is 250 g/mol. The van der Waals surface area contributed by atoms with Crippen LogP contribution in [-0.2, 0) is 11.3 Å². The minimum atomic E-state index is -0.190. The van der Waals surface area contributed by atoms with Gasteiger partial charge in [-0.15, -0.1) is 0 Å². The van der Waals surface area contributed by atoms with Gasteiger partial charge in [-0.3, -0.25) is 0 Å². The van der Waals surface area contributed by atoms with Crippen LogP contribution in [0.15, 0.2) is 6.07 Å². The fourth-order valence-corrected chi connectivity index (χ4v) is 3.35. The molecule has 1 aromatic heterocycles. The van der Waals surface area contributed by atoms with Gasteiger partial charge in [0.15, 0.2) is 0 Å². The van der Waals surface area contributed by atoms with Crippen molar-refractivity contribution in [2.24, 2.45) is 5.92 Å². The third-order valence-electron chi connectivity index (χ3n) is 4.55. The number of hydrogen-bond acceptors (Lipinski definition) is 2. The Morgan fingerprint density at radius 1 is 1.30 bits per heavy atom. The van der Waals surface area contributed by atoms with E-state index >= 15 is 0 Å². The second-order valence-corrected chi connectivity index (χ2v) is 5.95. The number of carbonyl (C=O) groups excluding carboxylic acids is 1. The Morgan fingerprint density at radius 3 is 2.65 bits per heavy atom. The standard InChI is InChI=1S/C17H27NO2/c1-4-20-17(19)16-12-13(2)18(14(16)3)11-10-15-8-6-5-7-9-15/h12,15H,4-11H2,1-3H3. The van der Waals surface area contributed by atoms with Crippen LogP contribution < -0.4 is 0 Å². The SMILES string of the molecule is CCOC(=O)c1cc(C)n(CCC2CCCCC2)c1C. The van der Waals surface area contributed by atoms with Gasteiger partial charge in [-0.1, -0.05) is 32.1 Å². The number of nitrogens with zero attached hydrogens (tertiary/aromatic N) is 1. The first kappa shape index (κ1) is 15.1. The molecule has 1 saturated carbocycles. The lowest BCUT2D eigenvalue weighted by Gasteiger charge is -2.22. The zero-order chi connectivity index (χ0) is 14.5. The van der Waals surface area contributed by atoms with E-state index in [0.717, 1.165) is 23.7 Å². The molecule has 3 nitrogen and oxygen atoms in total. The summed E-state index contributed by atoms with van der Waals surface area (Å²) in [5, 5.41) is 0. The highest BCUT2D eigenvalue weighted by atomic mass is 16.5. The highest BCUT2D eigenvalue weighted by Gasteiger charge is 2.18. The average molecular weight is 277 g/mol. The lowest BCUT2D eigenvalue weighted by molar-refractivity contribution is 0.0525. The summed E-state index contributed by atoms with van der Waals surface area (Å²) in [6.45, 7) is 7.42. The van der Waals surface area contributed by atoms with E-state index in [1.807, 2.05) is 19.9 Å². The first-order valence-electron chi connectivity index (χ1n) is 7.97. The van der Waals surface area contributed by atoms with E-state index < -0.39 is 0 Å². The molecule has 1 aliphatic carbocycles. The third-order valence-corrected chi connectivity index (χ3v) is 4.55. The molecule has 0 spiro atoms. The van der Waals surface area contributed by atoms with Crippen LogP contribution in [-0.4, -0.2) is 17.1 Å². The molecule has 20 heavy (non-hydrogen) atoms. The van der Waals surface area contributed by atoms with Gasteiger partial charge < -0.3 is 9.30 Å². The van der Waals surface area contributed by atoms with Crippen LogP contribution >= 0.6 is 0 Å². The van der Waals surface area contributed by atoms with Crippen LogP contribution in [0.4, 0.5) is 0 Å². The minimum Gasteiger partial charge on any atom is -0.462 e. The maximum Gasteiger partial charge on any atom is 0.339 e. The Kier molecular flexibility index (Phi) is 5.27. The van der Waals surface area contributed by atoms with E-state index in [4.69, 9.17) is 4.74 Å². The zero-order valence-electron chi connectivity index (χ0n) is 13.1. The largest absolute Gasteiger partial charge is 0.462 e. The zero-order valence-corrected chi connectivity index (χ0v) is 13.1. The summed E-state index contributed by atoms with van der Waals surface area (Å²) in [4.78, 5) is 11.9. The first-order chi connectivity index (χ1) is 9.63. The highest BCUT2D eigenvalue weighted by molar-refractivity contribution is 5.91. The first-order valence-corrected chi connectivity index (χ1v) is 7.97. The van der Waals surface area contributed by atoms with Gasteiger partial charge >= 0.3 is 5.97 Å². The Hall–Kier alpha value is -1.25. The molecule has 1 aliphatic rings. The van der Waals surface area contributed by atoms with Crippen LogP contribution in [0.1, 0.15) is 67.2 Å². The highest BCUT2D eigenvalue weighted by Crippen LogP contribution is 2.27. The van der Waals surface area contributed by atoms with Gasteiger partial charge in [0.2, 0.25) is 0 Å². The summed E-state index contributed by atoms with van der Waals surface area (Å²) in [6, 6.07) is 1.97. The van der Waals surface area contributed by atoms with Crippen LogP contribution in [0.25, 0.3) is 0 Å². The Morgan fingerprint density at radius 2 is 2.00 bits per heavy atom. The van der Waals surface area contributed by atoms with E-state index in [0.29, 0.717) is 6.61 Å². The second-order valence-electron chi connectivity index (χ2n) is 5.95. The molecule has 0 amide bonds. The predicted molar refractivity (Wildman–Crippen MR) is 81.1 cm³/mol. The lowest BCUT2D eigenvalue weighted by atomic mass is 9.87. The van der Waals surface area contributed by atoms with Crippen molar-refractivity contribution in [1.29, 1.82) is 0 Å².